The number of rotatable bonds is 6. The molecule has 4 fully saturated rings. The van der Waals surface area contributed by atoms with Gasteiger partial charge in [-0.05, 0) is 118 Å². The summed E-state index contributed by atoms with van der Waals surface area (Å²) in [5.74, 6) is 4.49. The zero-order valence-electron chi connectivity index (χ0n) is 23.8. The molecule has 0 unspecified atom stereocenters. The second-order valence-electron chi connectivity index (χ2n) is 13.8. The fourth-order valence-electron chi connectivity index (χ4n) is 9.44. The normalized spacial score (nSPS) is 42.0. The van der Waals surface area contributed by atoms with Crippen LogP contribution in [-0.2, 0) is 9.59 Å². The van der Waals surface area contributed by atoms with Crippen molar-refractivity contribution < 1.29 is 9.59 Å². The molecule has 0 aromatic carbocycles. The van der Waals surface area contributed by atoms with Crippen molar-refractivity contribution in [3.63, 3.8) is 0 Å². The number of hydrogen-bond donors (Lipinski definition) is 0. The highest BCUT2D eigenvalue weighted by Crippen LogP contribution is 2.68. The van der Waals surface area contributed by atoms with Crippen LogP contribution in [0, 0.1) is 46.3 Å². The average Bonchev–Trinajstić information content (AvgIpc) is 3.18. The Morgan fingerprint density at radius 1 is 0.914 bits per heavy atom. The predicted octanol–water partition coefficient (Wildman–Crippen LogP) is 6.55. The van der Waals surface area contributed by atoms with Crippen LogP contribution in [0.4, 0.5) is 0 Å². The Hall–Kier alpha value is -1.32. The van der Waals surface area contributed by atoms with Crippen LogP contribution < -0.4 is 0 Å². The number of carbonyl (C=O) groups excluding carboxylic acids is 2. The fourth-order valence-corrected chi connectivity index (χ4v) is 9.44. The first-order valence-corrected chi connectivity index (χ1v) is 14.6. The summed E-state index contributed by atoms with van der Waals surface area (Å²) in [4.78, 5) is 28.4. The number of carbonyl (C=O) groups is 2. The minimum Gasteiger partial charge on any atom is -0.345 e. The molecule has 0 radical (unpaired) electrons. The van der Waals surface area contributed by atoms with Crippen molar-refractivity contribution in [3.8, 4) is 0 Å². The number of amides is 2. The van der Waals surface area contributed by atoms with E-state index in [1.807, 2.05) is 25.1 Å². The minimum absolute atomic E-state index is 0.193. The predicted molar refractivity (Wildman–Crippen MR) is 144 cm³/mol. The van der Waals surface area contributed by atoms with E-state index in [9.17, 15) is 9.59 Å². The lowest BCUT2D eigenvalue weighted by atomic mass is 9.44. The van der Waals surface area contributed by atoms with E-state index in [1.54, 1.807) is 0 Å². The van der Waals surface area contributed by atoms with Gasteiger partial charge in [-0.1, -0.05) is 33.3 Å². The first-order chi connectivity index (χ1) is 16.4. The number of hydrogen-bond acceptors (Lipinski definition) is 2. The molecule has 0 bridgehead atoms. The lowest BCUT2D eigenvalue weighted by Crippen LogP contribution is -2.56. The van der Waals surface area contributed by atoms with Gasteiger partial charge in [0.15, 0.2) is 0 Å². The van der Waals surface area contributed by atoms with Crippen molar-refractivity contribution in [2.45, 2.75) is 111 Å². The van der Waals surface area contributed by atoms with Gasteiger partial charge in [0, 0.05) is 32.3 Å². The number of allylic oxidation sites excluding steroid dienone is 1. The Balaban J connectivity index is 1.46. The van der Waals surface area contributed by atoms with E-state index in [2.05, 4.69) is 46.4 Å². The summed E-state index contributed by atoms with van der Waals surface area (Å²) >= 11 is 0. The van der Waals surface area contributed by atoms with Crippen LogP contribution in [0.15, 0.2) is 11.6 Å². The molecule has 198 valence electrons. The maximum atomic E-state index is 13.0. The van der Waals surface area contributed by atoms with Crippen molar-refractivity contribution in [3.05, 3.63) is 11.6 Å². The number of fused-ring (bicyclic) bond motifs is 5. The number of nitrogens with zero attached hydrogens (tertiary/aromatic N) is 2. The monoisotopic (exact) mass is 484 g/mol. The molecule has 4 aliphatic rings. The molecular weight excluding hydrogens is 432 g/mol. The van der Waals surface area contributed by atoms with Crippen LogP contribution in [0.5, 0.6) is 0 Å². The van der Waals surface area contributed by atoms with E-state index in [0.29, 0.717) is 34.7 Å². The lowest BCUT2D eigenvalue weighted by Gasteiger charge is -2.62. The second kappa shape index (κ2) is 9.86. The third-order valence-electron chi connectivity index (χ3n) is 12.3. The molecule has 4 rings (SSSR count). The molecular formula is C31H52N2O2. The Labute approximate surface area is 215 Å². The summed E-state index contributed by atoms with van der Waals surface area (Å²) in [5.41, 5.74) is 1.99. The van der Waals surface area contributed by atoms with Crippen LogP contribution in [-0.4, -0.2) is 48.3 Å². The Morgan fingerprint density at radius 3 is 2.23 bits per heavy atom. The SMILES string of the molecule is C/C(=C\C(=O)N(C)[C@H]1CC[C@@]2(C)[C@@H](CC[C@@H]3[C@@H]2CC[C@]2(C)[C@@H]([C@H](C)N(C)C=O)CC[C@@H]32)C1)C(C)C. The van der Waals surface area contributed by atoms with Gasteiger partial charge in [0.2, 0.25) is 12.3 Å². The average molecular weight is 485 g/mol. The van der Waals surface area contributed by atoms with Crippen molar-refractivity contribution in [2.24, 2.45) is 46.3 Å². The standard InChI is InChI=1S/C31H52N2O2/c1-20(2)21(3)17-29(35)33(8)24-13-15-30(5)23(18-24)9-10-25-27-12-11-26(22(4)32(7)19-34)31(27,6)16-14-28(25)30/h17,19-20,22-28H,9-16,18H2,1-8H3/b21-17+/t22-,23-,24-,25-,26+,27-,28-,30-,31+/m0/s1. The molecule has 0 aromatic heterocycles. The first kappa shape index (κ1) is 26.7. The van der Waals surface area contributed by atoms with Crippen LogP contribution in [0.3, 0.4) is 0 Å². The summed E-state index contributed by atoms with van der Waals surface area (Å²) in [5, 5.41) is 0. The molecule has 0 N–H and O–H groups in total. The zero-order chi connectivity index (χ0) is 25.7. The van der Waals surface area contributed by atoms with Gasteiger partial charge in [-0.2, -0.15) is 0 Å². The van der Waals surface area contributed by atoms with Crippen molar-refractivity contribution in [1.82, 2.24) is 9.80 Å². The van der Waals surface area contributed by atoms with E-state index < -0.39 is 0 Å². The quantitative estimate of drug-likeness (QED) is 0.317. The highest BCUT2D eigenvalue weighted by Gasteiger charge is 2.61. The van der Waals surface area contributed by atoms with Crippen molar-refractivity contribution in [2.75, 3.05) is 14.1 Å². The molecule has 0 aliphatic heterocycles. The van der Waals surface area contributed by atoms with Gasteiger partial charge in [0.25, 0.3) is 0 Å². The third-order valence-corrected chi connectivity index (χ3v) is 12.3. The molecule has 35 heavy (non-hydrogen) atoms. The van der Waals surface area contributed by atoms with E-state index >= 15 is 0 Å². The Kier molecular flexibility index (Phi) is 7.53. The first-order valence-electron chi connectivity index (χ1n) is 14.6. The molecule has 4 saturated carbocycles. The van der Waals surface area contributed by atoms with E-state index in [1.165, 1.54) is 56.9 Å². The minimum atomic E-state index is 0.193. The highest BCUT2D eigenvalue weighted by atomic mass is 16.2. The molecule has 0 heterocycles. The van der Waals surface area contributed by atoms with Gasteiger partial charge in [-0.25, -0.2) is 0 Å². The van der Waals surface area contributed by atoms with E-state index in [4.69, 9.17) is 0 Å². The highest BCUT2D eigenvalue weighted by molar-refractivity contribution is 5.88. The fraction of sp³-hybridized carbons (Fsp3) is 0.871. The molecule has 9 atom stereocenters. The van der Waals surface area contributed by atoms with Gasteiger partial charge in [-0.15, -0.1) is 0 Å². The largest absolute Gasteiger partial charge is 0.345 e. The molecule has 4 nitrogen and oxygen atoms in total. The second-order valence-corrected chi connectivity index (χ2v) is 13.8. The molecule has 0 spiro atoms. The molecule has 4 heteroatoms. The third kappa shape index (κ3) is 4.50. The molecule has 4 aliphatic carbocycles. The van der Waals surface area contributed by atoms with Crippen LogP contribution in [0.25, 0.3) is 0 Å². The van der Waals surface area contributed by atoms with Crippen LogP contribution in [0.2, 0.25) is 0 Å². The summed E-state index contributed by atoms with van der Waals surface area (Å²) in [6.45, 7) is 13.9. The van der Waals surface area contributed by atoms with E-state index in [0.717, 1.165) is 36.5 Å². The Bertz CT molecular complexity index is 836. The summed E-state index contributed by atoms with van der Waals surface area (Å²) in [7, 11) is 4.00. The lowest BCUT2D eigenvalue weighted by molar-refractivity contribution is -0.138. The van der Waals surface area contributed by atoms with Gasteiger partial charge in [0.05, 0.1) is 0 Å². The topological polar surface area (TPSA) is 40.6 Å². The Morgan fingerprint density at radius 2 is 1.57 bits per heavy atom. The molecule has 2 amide bonds. The van der Waals surface area contributed by atoms with Gasteiger partial charge < -0.3 is 9.80 Å². The maximum absolute atomic E-state index is 13.0. The van der Waals surface area contributed by atoms with Gasteiger partial charge in [-0.3, -0.25) is 9.59 Å². The summed E-state index contributed by atoms with van der Waals surface area (Å²) in [6.07, 6.45) is 14.5. The number of likely N-dealkylation sites (N-methyl/N-ethyl adjacent to an activating group) is 1. The van der Waals surface area contributed by atoms with Crippen LogP contribution in [0.1, 0.15) is 99.3 Å². The summed E-state index contributed by atoms with van der Waals surface area (Å²) < 4.78 is 0. The maximum Gasteiger partial charge on any atom is 0.246 e. The van der Waals surface area contributed by atoms with Crippen molar-refractivity contribution >= 4 is 12.3 Å². The zero-order valence-corrected chi connectivity index (χ0v) is 23.8. The smallest absolute Gasteiger partial charge is 0.246 e. The van der Waals surface area contributed by atoms with Crippen molar-refractivity contribution in [1.29, 1.82) is 0 Å². The van der Waals surface area contributed by atoms with E-state index in [-0.39, 0.29) is 5.91 Å². The van der Waals surface area contributed by atoms with Gasteiger partial charge in [0.1, 0.15) is 0 Å². The molecule has 0 saturated heterocycles. The van der Waals surface area contributed by atoms with Crippen LogP contribution >= 0.6 is 0 Å². The molecule has 0 aromatic rings. The summed E-state index contributed by atoms with van der Waals surface area (Å²) in [6, 6.07) is 0.723. The van der Waals surface area contributed by atoms with Gasteiger partial charge >= 0.3 is 0 Å².